The lowest BCUT2D eigenvalue weighted by Crippen LogP contribution is -2.39. The van der Waals surface area contributed by atoms with Gasteiger partial charge in [-0.05, 0) is 40.0 Å². The van der Waals surface area contributed by atoms with E-state index in [-0.39, 0.29) is 0 Å². The van der Waals surface area contributed by atoms with Crippen LogP contribution in [0, 0.1) is 0 Å². The molecule has 0 fully saturated rings. The van der Waals surface area contributed by atoms with Crippen molar-refractivity contribution in [2.75, 3.05) is 19.8 Å². The average molecular weight is 258 g/mol. The number of allylic oxidation sites excluding steroid dienone is 1. The Labute approximate surface area is 112 Å². The molecule has 0 bridgehead atoms. The highest BCUT2D eigenvalue weighted by Gasteiger charge is 2.31. The third kappa shape index (κ3) is 7.85. The fraction of sp³-hybridized carbons (Fsp3) is 0.867. The maximum Gasteiger partial charge on any atom is 0.282 e. The summed E-state index contributed by atoms with van der Waals surface area (Å²) in [5.41, 5.74) is 0. The Morgan fingerprint density at radius 2 is 1.33 bits per heavy atom. The topological polar surface area (TPSA) is 27.7 Å². The summed E-state index contributed by atoms with van der Waals surface area (Å²) in [4.78, 5) is 0. The van der Waals surface area contributed by atoms with Crippen LogP contribution in [0.25, 0.3) is 0 Å². The van der Waals surface area contributed by atoms with E-state index in [0.717, 1.165) is 19.3 Å². The summed E-state index contributed by atoms with van der Waals surface area (Å²) in [6, 6.07) is 0. The number of unbranched alkanes of at least 4 members (excludes halogenated alkanes) is 4. The zero-order chi connectivity index (χ0) is 13.7. The van der Waals surface area contributed by atoms with E-state index in [0.29, 0.717) is 19.8 Å². The fourth-order valence-electron chi connectivity index (χ4n) is 1.98. The Morgan fingerprint density at radius 3 is 1.78 bits per heavy atom. The van der Waals surface area contributed by atoms with E-state index >= 15 is 0 Å². The lowest BCUT2D eigenvalue weighted by atomic mass is 10.1. The van der Waals surface area contributed by atoms with E-state index in [1.807, 2.05) is 26.8 Å². The first-order valence-electron chi connectivity index (χ1n) is 7.27. The summed E-state index contributed by atoms with van der Waals surface area (Å²) >= 11 is 0. The van der Waals surface area contributed by atoms with Crippen LogP contribution < -0.4 is 0 Å². The van der Waals surface area contributed by atoms with Crippen molar-refractivity contribution in [1.82, 2.24) is 0 Å². The molecular weight excluding hydrogens is 228 g/mol. The fourth-order valence-corrected chi connectivity index (χ4v) is 1.98. The van der Waals surface area contributed by atoms with Crippen molar-refractivity contribution in [1.29, 1.82) is 0 Å². The minimum absolute atomic E-state index is 0.608. The van der Waals surface area contributed by atoms with Gasteiger partial charge in [0.05, 0.1) is 0 Å². The normalized spacial score (nSPS) is 11.7. The first kappa shape index (κ1) is 17.6. The van der Waals surface area contributed by atoms with Crippen molar-refractivity contribution in [3.05, 3.63) is 12.7 Å². The van der Waals surface area contributed by atoms with Crippen molar-refractivity contribution in [3.63, 3.8) is 0 Å². The van der Waals surface area contributed by atoms with E-state index in [1.165, 1.54) is 19.3 Å². The maximum absolute atomic E-state index is 5.68. The average Bonchev–Trinajstić information content (AvgIpc) is 2.35. The summed E-state index contributed by atoms with van der Waals surface area (Å²) in [5, 5.41) is 0. The van der Waals surface area contributed by atoms with Gasteiger partial charge in [-0.15, -0.1) is 6.58 Å². The van der Waals surface area contributed by atoms with E-state index in [9.17, 15) is 0 Å². The Hall–Kier alpha value is -0.380. The third-order valence-corrected chi connectivity index (χ3v) is 2.73. The molecule has 0 aliphatic heterocycles. The molecule has 0 aromatic rings. The first-order chi connectivity index (χ1) is 8.74. The molecule has 3 nitrogen and oxygen atoms in total. The van der Waals surface area contributed by atoms with E-state index < -0.39 is 5.97 Å². The van der Waals surface area contributed by atoms with Gasteiger partial charge < -0.3 is 14.2 Å². The zero-order valence-corrected chi connectivity index (χ0v) is 12.4. The smallest absolute Gasteiger partial charge is 0.282 e. The van der Waals surface area contributed by atoms with Crippen LogP contribution in [-0.2, 0) is 14.2 Å². The quantitative estimate of drug-likeness (QED) is 0.280. The van der Waals surface area contributed by atoms with Gasteiger partial charge >= 0.3 is 0 Å². The van der Waals surface area contributed by atoms with Crippen molar-refractivity contribution in [3.8, 4) is 0 Å². The molecular formula is C15H30O3. The number of ether oxygens (including phenoxy) is 3. The SMILES string of the molecule is C=CCCCCCCC(OCC)(OCC)OCC. The Balaban J connectivity index is 4.00. The highest BCUT2D eigenvalue weighted by Crippen LogP contribution is 2.23. The second kappa shape index (κ2) is 11.7. The molecule has 0 saturated carbocycles. The van der Waals surface area contributed by atoms with E-state index in [1.54, 1.807) is 0 Å². The summed E-state index contributed by atoms with van der Waals surface area (Å²) in [6.45, 7) is 11.5. The van der Waals surface area contributed by atoms with E-state index in [2.05, 4.69) is 6.58 Å². The molecule has 0 rings (SSSR count). The van der Waals surface area contributed by atoms with Crippen LogP contribution in [0.2, 0.25) is 0 Å². The van der Waals surface area contributed by atoms with Gasteiger partial charge in [0, 0.05) is 26.2 Å². The van der Waals surface area contributed by atoms with Crippen LogP contribution in [0.1, 0.15) is 59.3 Å². The lowest BCUT2D eigenvalue weighted by molar-refractivity contribution is -0.380. The lowest BCUT2D eigenvalue weighted by Gasteiger charge is -2.32. The predicted octanol–water partition coefficient (Wildman–Crippen LogP) is 4.28. The van der Waals surface area contributed by atoms with Gasteiger partial charge in [0.25, 0.3) is 5.97 Å². The van der Waals surface area contributed by atoms with Crippen molar-refractivity contribution >= 4 is 0 Å². The van der Waals surface area contributed by atoms with E-state index in [4.69, 9.17) is 14.2 Å². The number of hydrogen-bond acceptors (Lipinski definition) is 3. The van der Waals surface area contributed by atoms with Gasteiger partial charge in [0.1, 0.15) is 0 Å². The summed E-state index contributed by atoms with van der Waals surface area (Å²) in [7, 11) is 0. The van der Waals surface area contributed by atoms with Gasteiger partial charge in [-0.2, -0.15) is 0 Å². The van der Waals surface area contributed by atoms with Crippen LogP contribution >= 0.6 is 0 Å². The summed E-state index contributed by atoms with van der Waals surface area (Å²) in [6.07, 6.45) is 8.58. The molecule has 0 aromatic carbocycles. The molecule has 0 aliphatic carbocycles. The first-order valence-corrected chi connectivity index (χ1v) is 7.27. The van der Waals surface area contributed by atoms with Crippen LogP contribution in [0.15, 0.2) is 12.7 Å². The second-order valence-electron chi connectivity index (χ2n) is 4.22. The molecule has 108 valence electrons. The van der Waals surface area contributed by atoms with Gasteiger partial charge in [-0.3, -0.25) is 0 Å². The number of rotatable bonds is 13. The Kier molecular flexibility index (Phi) is 11.4. The molecule has 0 aromatic heterocycles. The molecule has 0 atom stereocenters. The predicted molar refractivity (Wildman–Crippen MR) is 75.5 cm³/mol. The zero-order valence-electron chi connectivity index (χ0n) is 12.4. The largest absolute Gasteiger partial charge is 0.328 e. The third-order valence-electron chi connectivity index (χ3n) is 2.73. The van der Waals surface area contributed by atoms with Crippen molar-refractivity contribution in [2.45, 2.75) is 65.3 Å². The molecule has 0 unspecified atom stereocenters. The van der Waals surface area contributed by atoms with Gasteiger partial charge in [0.15, 0.2) is 0 Å². The van der Waals surface area contributed by atoms with Crippen LogP contribution in [0.5, 0.6) is 0 Å². The minimum atomic E-state index is -0.823. The Bertz CT molecular complexity index is 175. The minimum Gasteiger partial charge on any atom is -0.328 e. The summed E-state index contributed by atoms with van der Waals surface area (Å²) in [5.74, 6) is -0.823. The second-order valence-corrected chi connectivity index (χ2v) is 4.22. The van der Waals surface area contributed by atoms with Crippen molar-refractivity contribution < 1.29 is 14.2 Å². The van der Waals surface area contributed by atoms with Gasteiger partial charge in [-0.1, -0.05) is 18.9 Å². The molecule has 18 heavy (non-hydrogen) atoms. The highest BCUT2D eigenvalue weighted by atomic mass is 16.9. The van der Waals surface area contributed by atoms with Gasteiger partial charge in [0.2, 0.25) is 0 Å². The van der Waals surface area contributed by atoms with Crippen LogP contribution in [0.4, 0.5) is 0 Å². The molecule has 0 heterocycles. The standard InChI is InChI=1S/C15H30O3/c1-5-9-10-11-12-13-14-15(16-6-2,17-7-3)18-8-4/h5H,1,6-14H2,2-4H3. The molecule has 0 N–H and O–H groups in total. The van der Waals surface area contributed by atoms with Crippen molar-refractivity contribution in [2.24, 2.45) is 0 Å². The highest BCUT2D eigenvalue weighted by molar-refractivity contribution is 4.66. The Morgan fingerprint density at radius 1 is 0.833 bits per heavy atom. The molecule has 0 aliphatic rings. The molecule has 3 heteroatoms. The molecule has 0 spiro atoms. The number of hydrogen-bond donors (Lipinski definition) is 0. The monoisotopic (exact) mass is 258 g/mol. The van der Waals surface area contributed by atoms with Gasteiger partial charge in [-0.25, -0.2) is 0 Å². The molecule has 0 radical (unpaired) electrons. The van der Waals surface area contributed by atoms with Crippen LogP contribution in [0.3, 0.4) is 0 Å². The summed E-state index contributed by atoms with van der Waals surface area (Å²) < 4.78 is 17.0. The maximum atomic E-state index is 5.68. The van der Waals surface area contributed by atoms with Crippen LogP contribution in [-0.4, -0.2) is 25.8 Å². The molecule has 0 amide bonds. The molecule has 0 saturated heterocycles.